The Kier molecular flexibility index (Phi) is 8.29. The predicted octanol–water partition coefficient (Wildman–Crippen LogP) is 6.78. The second-order valence-electron chi connectivity index (χ2n) is 9.43. The number of rotatable bonds is 5. The zero-order chi connectivity index (χ0) is 30.1. The van der Waals surface area contributed by atoms with Crippen molar-refractivity contribution < 1.29 is 37.4 Å². The van der Waals surface area contributed by atoms with E-state index in [9.17, 15) is 27.9 Å². The third-order valence-electron chi connectivity index (χ3n) is 6.46. The normalized spacial score (nSPS) is 13.3. The Balaban J connectivity index is 0.000000493. The van der Waals surface area contributed by atoms with Gasteiger partial charge in [-0.3, -0.25) is 4.79 Å². The molecule has 4 aromatic rings. The molecule has 0 aliphatic carbocycles. The van der Waals surface area contributed by atoms with Crippen LogP contribution in [-0.2, 0) is 17.9 Å². The Bertz CT molecular complexity index is 1700. The van der Waals surface area contributed by atoms with Crippen LogP contribution in [0.15, 0.2) is 69.9 Å². The number of carboxylic acid groups (broad SMARTS) is 2. The van der Waals surface area contributed by atoms with Gasteiger partial charge in [0.05, 0.1) is 17.0 Å². The number of anilines is 2. The van der Waals surface area contributed by atoms with Gasteiger partial charge in [0.1, 0.15) is 5.58 Å². The summed E-state index contributed by atoms with van der Waals surface area (Å²) in [6.45, 7) is 5.01. The van der Waals surface area contributed by atoms with Gasteiger partial charge in [-0.05, 0) is 54.8 Å². The van der Waals surface area contributed by atoms with Gasteiger partial charge in [-0.1, -0.05) is 41.9 Å². The average molecular weight is 589 g/mol. The number of para-hydroxylation sites is 1. The average Bonchev–Trinajstić information content (AvgIpc) is 3.34. The molecule has 1 aromatic heterocycles. The van der Waals surface area contributed by atoms with Gasteiger partial charge >= 0.3 is 18.1 Å². The summed E-state index contributed by atoms with van der Waals surface area (Å²) in [7, 11) is 0. The van der Waals surface area contributed by atoms with Crippen molar-refractivity contribution in [2.24, 2.45) is 0 Å². The molecule has 1 aliphatic rings. The Morgan fingerprint density at radius 1 is 1.05 bits per heavy atom. The van der Waals surface area contributed by atoms with E-state index < -0.39 is 18.1 Å². The van der Waals surface area contributed by atoms with Gasteiger partial charge in [0, 0.05) is 35.4 Å². The summed E-state index contributed by atoms with van der Waals surface area (Å²) in [6.07, 6.45) is -5.08. The number of carbonyl (C=O) groups is 2. The lowest BCUT2D eigenvalue weighted by Gasteiger charge is -2.21. The van der Waals surface area contributed by atoms with Crippen molar-refractivity contribution in [3.05, 3.63) is 104 Å². The summed E-state index contributed by atoms with van der Waals surface area (Å²) in [5.74, 6) is -3.29. The van der Waals surface area contributed by atoms with Crippen LogP contribution in [0.1, 0.15) is 45.6 Å². The summed E-state index contributed by atoms with van der Waals surface area (Å²) >= 11 is 6.38. The number of hydrogen-bond donors (Lipinski definition) is 3. The third kappa shape index (κ3) is 6.46. The molecule has 0 spiro atoms. The Morgan fingerprint density at radius 2 is 1.73 bits per heavy atom. The minimum Gasteiger partial charge on any atom is -0.478 e. The fraction of sp³-hybridized carbons (Fsp3) is 0.207. The van der Waals surface area contributed by atoms with Crippen molar-refractivity contribution >= 4 is 46.1 Å². The molecular weight excluding hydrogens is 565 g/mol. The second-order valence-corrected chi connectivity index (χ2v) is 9.84. The van der Waals surface area contributed by atoms with Crippen LogP contribution >= 0.6 is 11.6 Å². The highest BCUT2D eigenvalue weighted by Gasteiger charge is 2.38. The Morgan fingerprint density at radius 3 is 2.37 bits per heavy atom. The molecule has 1 atom stereocenters. The van der Waals surface area contributed by atoms with Gasteiger partial charge in [-0.25, -0.2) is 9.59 Å². The molecule has 214 valence electrons. The van der Waals surface area contributed by atoms with Gasteiger partial charge in [0.15, 0.2) is 5.43 Å². The summed E-state index contributed by atoms with van der Waals surface area (Å²) in [5.41, 5.74) is 4.90. The van der Waals surface area contributed by atoms with E-state index in [0.717, 1.165) is 22.3 Å². The molecule has 8 nitrogen and oxygen atoms in total. The van der Waals surface area contributed by atoms with Gasteiger partial charge in [0.25, 0.3) is 0 Å². The van der Waals surface area contributed by atoms with Gasteiger partial charge in [-0.2, -0.15) is 13.2 Å². The van der Waals surface area contributed by atoms with Crippen molar-refractivity contribution in [3.63, 3.8) is 0 Å². The number of aliphatic carboxylic acids is 1. The minimum absolute atomic E-state index is 0.124. The molecule has 0 bridgehead atoms. The number of hydrogen-bond acceptors (Lipinski definition) is 6. The highest BCUT2D eigenvalue weighted by molar-refractivity contribution is 6.31. The molecule has 1 unspecified atom stereocenters. The van der Waals surface area contributed by atoms with Crippen LogP contribution in [0.4, 0.5) is 24.7 Å². The van der Waals surface area contributed by atoms with E-state index in [1.54, 1.807) is 24.3 Å². The van der Waals surface area contributed by atoms with Gasteiger partial charge in [0.2, 0.25) is 5.88 Å². The monoisotopic (exact) mass is 588 g/mol. The van der Waals surface area contributed by atoms with Crippen LogP contribution in [0.5, 0.6) is 0 Å². The van der Waals surface area contributed by atoms with Crippen molar-refractivity contribution in [2.45, 2.75) is 39.2 Å². The topological polar surface area (TPSA) is 120 Å². The number of halogens is 4. The number of fused-ring (bicyclic) bond motifs is 2. The molecule has 0 saturated carbocycles. The van der Waals surface area contributed by atoms with Gasteiger partial charge < -0.3 is 24.8 Å². The Labute approximate surface area is 236 Å². The number of aryl methyl sites for hydroxylation is 1. The van der Waals surface area contributed by atoms with Crippen molar-refractivity contribution in [2.75, 3.05) is 10.2 Å². The smallest absolute Gasteiger partial charge is 0.478 e. The first-order chi connectivity index (χ1) is 19.3. The molecule has 3 aromatic carbocycles. The summed E-state index contributed by atoms with van der Waals surface area (Å²) in [4.78, 5) is 35.7. The molecule has 2 heterocycles. The molecule has 0 amide bonds. The maximum absolute atomic E-state index is 13.1. The highest BCUT2D eigenvalue weighted by Crippen LogP contribution is 2.35. The number of carboxylic acids is 2. The van der Waals surface area contributed by atoms with Crippen LogP contribution in [0.25, 0.3) is 11.0 Å². The lowest BCUT2D eigenvalue weighted by Crippen LogP contribution is -2.21. The summed E-state index contributed by atoms with van der Waals surface area (Å²) < 4.78 is 38.1. The maximum atomic E-state index is 13.1. The van der Waals surface area contributed by atoms with E-state index in [1.807, 2.05) is 49.1 Å². The zero-order valence-corrected chi connectivity index (χ0v) is 22.5. The first-order valence-electron chi connectivity index (χ1n) is 12.2. The molecule has 0 saturated heterocycles. The van der Waals surface area contributed by atoms with E-state index in [4.69, 9.17) is 25.9 Å². The number of aromatic carboxylic acids is 1. The molecular formula is C29H24ClF3N2O6. The molecule has 12 heteroatoms. The van der Waals surface area contributed by atoms with Crippen molar-refractivity contribution in [1.29, 1.82) is 0 Å². The number of benzene rings is 3. The molecule has 1 aliphatic heterocycles. The van der Waals surface area contributed by atoms with Crippen molar-refractivity contribution in [1.82, 2.24) is 0 Å². The number of nitrogens with zero attached hydrogens (tertiary/aromatic N) is 1. The molecule has 3 N–H and O–H groups in total. The fourth-order valence-corrected chi connectivity index (χ4v) is 4.80. The van der Waals surface area contributed by atoms with E-state index in [1.165, 1.54) is 6.07 Å². The minimum atomic E-state index is -5.08. The summed E-state index contributed by atoms with van der Waals surface area (Å²) in [5, 5.41) is 21.1. The molecule has 41 heavy (non-hydrogen) atoms. The van der Waals surface area contributed by atoms with Crippen LogP contribution < -0.4 is 15.6 Å². The molecule has 5 rings (SSSR count). The van der Waals surface area contributed by atoms with Gasteiger partial charge in [-0.15, -0.1) is 0 Å². The zero-order valence-electron chi connectivity index (χ0n) is 21.8. The molecule has 0 fully saturated rings. The summed E-state index contributed by atoms with van der Waals surface area (Å²) in [6, 6.07) is 17.6. The number of nitrogens with one attached hydrogen (secondary N) is 1. The largest absolute Gasteiger partial charge is 0.490 e. The number of alkyl halides is 3. The van der Waals surface area contributed by atoms with E-state index in [0.29, 0.717) is 40.7 Å². The fourth-order valence-electron chi connectivity index (χ4n) is 4.54. The van der Waals surface area contributed by atoms with Crippen LogP contribution in [0.3, 0.4) is 0 Å². The van der Waals surface area contributed by atoms with E-state index in [2.05, 4.69) is 5.32 Å². The van der Waals surface area contributed by atoms with Crippen LogP contribution in [0.2, 0.25) is 5.02 Å². The highest BCUT2D eigenvalue weighted by atomic mass is 35.5. The Hall–Kier alpha value is -4.51. The van der Waals surface area contributed by atoms with E-state index >= 15 is 0 Å². The standard InChI is InChI=1S/C27H23ClN2O4.C2HF3O2/c1-15-10-19(16(2)29-23-9-4-3-7-18(23)27(32)33)26-20(11-15)24(31)12-25(34-26)30-13-17-6-5-8-22(28)21(17)14-30;3-2(4,5)1(6)7/h3-12,16,29H,13-14H2,1-2H3,(H,32,33);(H,6,7). The van der Waals surface area contributed by atoms with E-state index in [-0.39, 0.29) is 17.0 Å². The second kappa shape index (κ2) is 11.5. The predicted molar refractivity (Wildman–Crippen MR) is 148 cm³/mol. The molecule has 0 radical (unpaired) electrons. The van der Waals surface area contributed by atoms with Crippen LogP contribution in [0, 0.1) is 6.92 Å². The first kappa shape index (κ1) is 29.5. The quantitative estimate of drug-likeness (QED) is 0.233. The SMILES string of the molecule is Cc1cc(C(C)Nc2ccccc2C(=O)O)c2oc(N3Cc4cccc(Cl)c4C3)cc(=O)c2c1.O=C(O)C(F)(F)F. The maximum Gasteiger partial charge on any atom is 0.490 e. The lowest BCUT2D eigenvalue weighted by molar-refractivity contribution is -0.192. The first-order valence-corrected chi connectivity index (χ1v) is 12.6. The van der Waals surface area contributed by atoms with Crippen molar-refractivity contribution in [3.8, 4) is 0 Å². The van der Waals surface area contributed by atoms with Crippen LogP contribution in [-0.4, -0.2) is 28.3 Å². The lowest BCUT2D eigenvalue weighted by atomic mass is 10.0. The third-order valence-corrected chi connectivity index (χ3v) is 6.82.